The van der Waals surface area contributed by atoms with Crippen LogP contribution in [-0.2, 0) is 11.3 Å². The SMILES string of the molecule is C=C1CCCC1.CCC(=O)NC1c2ccccc2CN2CCCC[C@H]12. The number of nitrogens with one attached hydrogen (secondary N) is 1. The predicted molar refractivity (Wildman–Crippen MR) is 103 cm³/mol. The first-order chi connectivity index (χ1) is 12.2. The lowest BCUT2D eigenvalue weighted by Crippen LogP contribution is -2.51. The molecule has 0 radical (unpaired) electrons. The van der Waals surface area contributed by atoms with Crippen LogP contribution in [0.5, 0.6) is 0 Å². The van der Waals surface area contributed by atoms with Crippen LogP contribution in [0.2, 0.25) is 0 Å². The highest BCUT2D eigenvalue weighted by atomic mass is 16.1. The molecular formula is C22H32N2O. The molecule has 1 unspecified atom stereocenters. The molecule has 1 N–H and O–H groups in total. The number of fused-ring (bicyclic) bond motifs is 2. The third-order valence-electron chi connectivity index (χ3n) is 5.76. The second-order valence-electron chi connectivity index (χ2n) is 7.59. The van der Waals surface area contributed by atoms with E-state index in [1.54, 1.807) is 0 Å². The van der Waals surface area contributed by atoms with Gasteiger partial charge in [-0.2, -0.15) is 0 Å². The van der Waals surface area contributed by atoms with Crippen molar-refractivity contribution in [2.24, 2.45) is 0 Å². The Morgan fingerprint density at radius 3 is 2.64 bits per heavy atom. The number of carbonyl (C=O) groups excluding carboxylic acids is 1. The number of hydrogen-bond donors (Lipinski definition) is 1. The van der Waals surface area contributed by atoms with Crippen molar-refractivity contribution in [2.75, 3.05) is 6.54 Å². The van der Waals surface area contributed by atoms with Crippen molar-refractivity contribution in [3.63, 3.8) is 0 Å². The molecule has 136 valence electrons. The van der Waals surface area contributed by atoms with E-state index in [1.165, 1.54) is 61.6 Å². The number of nitrogens with zero attached hydrogens (tertiary/aromatic N) is 1. The first-order valence-electron chi connectivity index (χ1n) is 9.97. The van der Waals surface area contributed by atoms with E-state index in [-0.39, 0.29) is 11.9 Å². The molecule has 0 bridgehead atoms. The first-order valence-corrected chi connectivity index (χ1v) is 9.97. The molecule has 3 heteroatoms. The Morgan fingerprint density at radius 2 is 1.96 bits per heavy atom. The maximum Gasteiger partial charge on any atom is 0.220 e. The average Bonchev–Trinajstić information content (AvgIpc) is 3.13. The van der Waals surface area contributed by atoms with Gasteiger partial charge in [-0.25, -0.2) is 0 Å². The number of piperidine rings is 1. The Bertz CT molecular complexity index is 602. The van der Waals surface area contributed by atoms with E-state index in [0.29, 0.717) is 12.5 Å². The molecule has 1 amide bonds. The van der Waals surface area contributed by atoms with Crippen molar-refractivity contribution in [3.8, 4) is 0 Å². The summed E-state index contributed by atoms with van der Waals surface area (Å²) in [6, 6.07) is 9.23. The van der Waals surface area contributed by atoms with E-state index < -0.39 is 0 Å². The standard InChI is InChI=1S/C16H22N2O.C6H10/c1-2-15(19)17-16-13-8-4-3-7-12(13)11-18-10-6-5-9-14(16)18;1-6-4-2-3-5-6/h3-4,7-8,14,16H,2,5-6,9-11H2,1H3,(H,17,19);1-5H2/t14-,16?;/m1./s1. The zero-order valence-electron chi connectivity index (χ0n) is 15.6. The van der Waals surface area contributed by atoms with Gasteiger partial charge in [0.25, 0.3) is 0 Å². The summed E-state index contributed by atoms with van der Waals surface area (Å²) in [5.41, 5.74) is 4.16. The van der Waals surface area contributed by atoms with Crippen molar-refractivity contribution in [1.82, 2.24) is 10.2 Å². The van der Waals surface area contributed by atoms with Gasteiger partial charge in [0.1, 0.15) is 0 Å². The lowest BCUT2D eigenvalue weighted by molar-refractivity contribution is -0.122. The van der Waals surface area contributed by atoms with E-state index in [4.69, 9.17) is 0 Å². The zero-order chi connectivity index (χ0) is 17.6. The molecule has 25 heavy (non-hydrogen) atoms. The normalized spacial score (nSPS) is 25.4. The first kappa shape index (κ1) is 18.2. The van der Waals surface area contributed by atoms with Crippen molar-refractivity contribution < 1.29 is 4.79 Å². The molecule has 1 saturated heterocycles. The summed E-state index contributed by atoms with van der Waals surface area (Å²) in [5.74, 6) is 0.159. The lowest BCUT2D eigenvalue weighted by atomic mass is 9.84. The highest BCUT2D eigenvalue weighted by molar-refractivity contribution is 5.76. The maximum atomic E-state index is 11.8. The van der Waals surface area contributed by atoms with Gasteiger partial charge in [0.2, 0.25) is 5.91 Å². The van der Waals surface area contributed by atoms with Crippen molar-refractivity contribution in [3.05, 3.63) is 47.5 Å². The van der Waals surface area contributed by atoms with Gasteiger partial charge in [-0.05, 0) is 56.2 Å². The van der Waals surface area contributed by atoms with E-state index in [9.17, 15) is 4.79 Å². The van der Waals surface area contributed by atoms with Gasteiger partial charge in [0, 0.05) is 19.0 Å². The summed E-state index contributed by atoms with van der Waals surface area (Å²) in [5, 5.41) is 3.24. The number of allylic oxidation sites excluding steroid dienone is 1. The minimum Gasteiger partial charge on any atom is -0.348 e. The minimum absolute atomic E-state index is 0.159. The van der Waals surface area contributed by atoms with Crippen molar-refractivity contribution in [2.45, 2.75) is 76.9 Å². The second-order valence-corrected chi connectivity index (χ2v) is 7.59. The highest BCUT2D eigenvalue weighted by Gasteiger charge is 2.36. The number of benzene rings is 1. The topological polar surface area (TPSA) is 32.3 Å². The van der Waals surface area contributed by atoms with Crippen molar-refractivity contribution >= 4 is 5.91 Å². The highest BCUT2D eigenvalue weighted by Crippen LogP contribution is 2.36. The summed E-state index contributed by atoms with van der Waals surface area (Å²) in [6.07, 6.45) is 9.68. The third kappa shape index (κ3) is 4.52. The number of amides is 1. The zero-order valence-corrected chi connectivity index (χ0v) is 15.6. The van der Waals surface area contributed by atoms with E-state index >= 15 is 0 Å². The number of rotatable bonds is 2. The van der Waals surface area contributed by atoms with Gasteiger partial charge in [-0.1, -0.05) is 49.8 Å². The Kier molecular flexibility index (Phi) is 6.30. The minimum atomic E-state index is 0.159. The Balaban J connectivity index is 0.000000258. The molecule has 2 heterocycles. The van der Waals surface area contributed by atoms with Gasteiger partial charge < -0.3 is 5.32 Å². The Labute approximate surface area is 152 Å². The van der Waals surface area contributed by atoms with Crippen molar-refractivity contribution in [1.29, 1.82) is 0 Å². The monoisotopic (exact) mass is 340 g/mol. The van der Waals surface area contributed by atoms with Crippen LogP contribution in [0.1, 0.15) is 75.5 Å². The van der Waals surface area contributed by atoms with Gasteiger partial charge >= 0.3 is 0 Å². The second kappa shape index (κ2) is 8.66. The predicted octanol–water partition coefficient (Wildman–Crippen LogP) is 4.74. The molecule has 1 aromatic rings. The van der Waals surface area contributed by atoms with E-state index in [1.807, 2.05) is 6.92 Å². The lowest BCUT2D eigenvalue weighted by Gasteiger charge is -2.45. The summed E-state index contributed by atoms with van der Waals surface area (Å²) in [6.45, 7) is 7.98. The molecule has 2 aliphatic heterocycles. The fourth-order valence-electron chi connectivity index (χ4n) is 4.32. The summed E-state index contributed by atoms with van der Waals surface area (Å²) >= 11 is 0. The fourth-order valence-corrected chi connectivity index (χ4v) is 4.32. The quantitative estimate of drug-likeness (QED) is 0.789. The maximum absolute atomic E-state index is 11.8. The Hall–Kier alpha value is -1.61. The smallest absolute Gasteiger partial charge is 0.220 e. The van der Waals surface area contributed by atoms with E-state index in [0.717, 1.165) is 13.1 Å². The number of carbonyl (C=O) groups is 1. The largest absolute Gasteiger partial charge is 0.348 e. The van der Waals surface area contributed by atoms with Crippen LogP contribution >= 0.6 is 0 Å². The fraction of sp³-hybridized carbons (Fsp3) is 0.591. The molecular weight excluding hydrogens is 308 g/mol. The summed E-state index contributed by atoms with van der Waals surface area (Å²) in [4.78, 5) is 14.4. The van der Waals surface area contributed by atoms with Crippen LogP contribution in [-0.4, -0.2) is 23.4 Å². The molecule has 0 aromatic heterocycles. The van der Waals surface area contributed by atoms with E-state index in [2.05, 4.69) is 41.1 Å². The average molecular weight is 341 g/mol. The van der Waals surface area contributed by atoms with Crippen LogP contribution < -0.4 is 5.32 Å². The van der Waals surface area contributed by atoms with Gasteiger partial charge in [-0.15, -0.1) is 0 Å². The molecule has 2 atom stereocenters. The molecule has 3 aliphatic rings. The molecule has 1 aliphatic carbocycles. The summed E-state index contributed by atoms with van der Waals surface area (Å²) in [7, 11) is 0. The Morgan fingerprint density at radius 1 is 1.20 bits per heavy atom. The molecule has 0 spiro atoms. The third-order valence-corrected chi connectivity index (χ3v) is 5.76. The molecule has 4 rings (SSSR count). The van der Waals surface area contributed by atoms with Gasteiger partial charge in [-0.3, -0.25) is 9.69 Å². The van der Waals surface area contributed by atoms with Crippen LogP contribution in [0.15, 0.2) is 36.4 Å². The van der Waals surface area contributed by atoms with Gasteiger partial charge in [0.05, 0.1) is 6.04 Å². The molecule has 1 saturated carbocycles. The van der Waals surface area contributed by atoms with Crippen LogP contribution in [0.4, 0.5) is 0 Å². The van der Waals surface area contributed by atoms with Crippen LogP contribution in [0, 0.1) is 0 Å². The van der Waals surface area contributed by atoms with Crippen LogP contribution in [0.25, 0.3) is 0 Å². The van der Waals surface area contributed by atoms with Gasteiger partial charge in [0.15, 0.2) is 0 Å². The molecule has 3 nitrogen and oxygen atoms in total. The van der Waals surface area contributed by atoms with Crippen LogP contribution in [0.3, 0.4) is 0 Å². The molecule has 2 fully saturated rings. The number of hydrogen-bond acceptors (Lipinski definition) is 2. The summed E-state index contributed by atoms with van der Waals surface area (Å²) < 4.78 is 0. The molecule has 1 aromatic carbocycles.